The summed E-state index contributed by atoms with van der Waals surface area (Å²) in [5.74, 6) is 0. The van der Waals surface area contributed by atoms with Gasteiger partial charge in [-0.15, -0.1) is 11.3 Å². The second-order valence-electron chi connectivity index (χ2n) is 2.89. The quantitative estimate of drug-likeness (QED) is 0.832. The third-order valence-electron chi connectivity index (χ3n) is 1.79. The molecule has 0 spiro atoms. The summed E-state index contributed by atoms with van der Waals surface area (Å²) in [4.78, 5) is 8.71. The van der Waals surface area contributed by atoms with Gasteiger partial charge >= 0.3 is 0 Å². The Kier molecular flexibility index (Phi) is 2.86. The minimum atomic E-state index is 0.809. The van der Waals surface area contributed by atoms with Crippen LogP contribution in [0.5, 0.6) is 0 Å². The number of rotatable bonds is 3. The highest BCUT2D eigenvalue weighted by Crippen LogP contribution is 2.20. The number of pyridine rings is 1. The van der Waals surface area contributed by atoms with Crippen LogP contribution >= 0.6 is 11.3 Å². The first-order valence-corrected chi connectivity index (χ1v) is 5.28. The molecule has 0 atom stereocenters. The smallest absolute Gasteiger partial charge is 0.142 e. The van der Waals surface area contributed by atoms with Gasteiger partial charge in [-0.25, -0.2) is 4.98 Å². The van der Waals surface area contributed by atoms with E-state index in [9.17, 15) is 0 Å². The molecule has 1 N–H and O–H groups in total. The van der Waals surface area contributed by atoms with Crippen LogP contribution in [-0.2, 0) is 6.54 Å². The molecule has 0 fully saturated rings. The van der Waals surface area contributed by atoms with Crippen molar-refractivity contribution in [2.24, 2.45) is 0 Å². The van der Waals surface area contributed by atoms with Crippen LogP contribution in [0.1, 0.15) is 5.69 Å². The zero-order valence-electron chi connectivity index (χ0n) is 7.90. The van der Waals surface area contributed by atoms with Crippen LogP contribution < -0.4 is 5.32 Å². The lowest BCUT2D eigenvalue weighted by atomic mass is 10.4. The number of hydrogen-bond acceptors (Lipinski definition) is 4. The molecule has 0 aliphatic rings. The molecule has 0 radical (unpaired) electrons. The van der Waals surface area contributed by atoms with Crippen LogP contribution in [0.2, 0.25) is 0 Å². The average Bonchev–Trinajstić information content (AvgIpc) is 2.68. The van der Waals surface area contributed by atoms with Crippen molar-refractivity contribution >= 4 is 11.3 Å². The molecule has 3 nitrogen and oxygen atoms in total. The van der Waals surface area contributed by atoms with Crippen molar-refractivity contribution < 1.29 is 0 Å². The van der Waals surface area contributed by atoms with Crippen molar-refractivity contribution in [3.8, 4) is 10.7 Å². The molecular weight excluding hydrogens is 194 g/mol. The van der Waals surface area contributed by atoms with Gasteiger partial charge in [0.1, 0.15) is 5.01 Å². The Bertz CT molecular complexity index is 397. The maximum atomic E-state index is 4.46. The molecule has 2 rings (SSSR count). The maximum absolute atomic E-state index is 4.46. The molecule has 2 heterocycles. The largest absolute Gasteiger partial charge is 0.314 e. The van der Waals surface area contributed by atoms with Gasteiger partial charge in [0.05, 0.1) is 11.4 Å². The van der Waals surface area contributed by atoms with Crippen molar-refractivity contribution in [3.05, 3.63) is 35.5 Å². The van der Waals surface area contributed by atoms with E-state index in [1.54, 1.807) is 17.5 Å². The summed E-state index contributed by atoms with van der Waals surface area (Å²) in [6.45, 7) is 0.809. The molecular formula is C10H11N3S. The van der Waals surface area contributed by atoms with E-state index in [2.05, 4.69) is 20.7 Å². The van der Waals surface area contributed by atoms with Gasteiger partial charge in [-0.1, -0.05) is 6.07 Å². The minimum absolute atomic E-state index is 0.809. The molecule has 14 heavy (non-hydrogen) atoms. The molecule has 4 heteroatoms. The predicted molar refractivity (Wildman–Crippen MR) is 58.1 cm³/mol. The normalized spacial score (nSPS) is 10.4. The third kappa shape index (κ3) is 1.97. The molecule has 0 unspecified atom stereocenters. The van der Waals surface area contributed by atoms with E-state index in [1.807, 2.05) is 25.2 Å². The first kappa shape index (κ1) is 9.30. The number of thiazole rings is 1. The zero-order valence-corrected chi connectivity index (χ0v) is 8.71. The van der Waals surface area contributed by atoms with Gasteiger partial charge in [0.2, 0.25) is 0 Å². The molecule has 0 aliphatic heterocycles. The topological polar surface area (TPSA) is 37.8 Å². The van der Waals surface area contributed by atoms with Gasteiger partial charge < -0.3 is 5.32 Å². The predicted octanol–water partition coefficient (Wildman–Crippen LogP) is 1.92. The Morgan fingerprint density at radius 2 is 2.36 bits per heavy atom. The first-order chi connectivity index (χ1) is 6.90. The van der Waals surface area contributed by atoms with E-state index < -0.39 is 0 Å². The highest BCUT2D eigenvalue weighted by molar-refractivity contribution is 7.13. The van der Waals surface area contributed by atoms with Gasteiger partial charge in [-0.2, -0.15) is 0 Å². The monoisotopic (exact) mass is 205 g/mol. The van der Waals surface area contributed by atoms with Crippen molar-refractivity contribution in [1.29, 1.82) is 0 Å². The van der Waals surface area contributed by atoms with Crippen LogP contribution in [-0.4, -0.2) is 17.0 Å². The third-order valence-corrected chi connectivity index (χ3v) is 2.71. The number of nitrogens with one attached hydrogen (secondary N) is 1. The Hall–Kier alpha value is -1.26. The number of hydrogen-bond donors (Lipinski definition) is 1. The van der Waals surface area contributed by atoms with Gasteiger partial charge in [-0.3, -0.25) is 4.98 Å². The van der Waals surface area contributed by atoms with Crippen LogP contribution in [0.3, 0.4) is 0 Å². The van der Waals surface area contributed by atoms with E-state index in [1.165, 1.54) is 0 Å². The van der Waals surface area contributed by atoms with Gasteiger partial charge in [0.15, 0.2) is 0 Å². The van der Waals surface area contributed by atoms with Crippen molar-refractivity contribution in [3.63, 3.8) is 0 Å². The van der Waals surface area contributed by atoms with Crippen LogP contribution in [0.4, 0.5) is 0 Å². The maximum Gasteiger partial charge on any atom is 0.142 e. The Labute approximate surface area is 86.8 Å². The lowest BCUT2D eigenvalue weighted by Gasteiger charge is -1.93. The molecule has 0 amide bonds. The van der Waals surface area contributed by atoms with Crippen LogP contribution in [0, 0.1) is 0 Å². The fourth-order valence-corrected chi connectivity index (χ4v) is 1.97. The summed E-state index contributed by atoms with van der Waals surface area (Å²) in [5, 5.41) is 6.11. The summed E-state index contributed by atoms with van der Waals surface area (Å²) in [5.41, 5.74) is 2.01. The standard InChI is InChI=1S/C10H11N3S/c1-11-6-8-7-14-10(13-8)9-4-2-3-5-12-9/h2-5,7,11H,6H2,1H3. The first-order valence-electron chi connectivity index (χ1n) is 4.40. The Morgan fingerprint density at radius 3 is 3.07 bits per heavy atom. The molecule has 0 saturated carbocycles. The van der Waals surface area contributed by atoms with E-state index in [4.69, 9.17) is 0 Å². The second kappa shape index (κ2) is 4.30. The molecule has 0 saturated heterocycles. The molecule has 0 bridgehead atoms. The Balaban J connectivity index is 2.25. The molecule has 0 aromatic carbocycles. The summed E-state index contributed by atoms with van der Waals surface area (Å²) < 4.78 is 0. The average molecular weight is 205 g/mol. The van der Waals surface area contributed by atoms with Crippen molar-refractivity contribution in [1.82, 2.24) is 15.3 Å². The molecule has 2 aromatic rings. The molecule has 0 aliphatic carbocycles. The van der Waals surface area contributed by atoms with E-state index >= 15 is 0 Å². The number of aromatic nitrogens is 2. The lowest BCUT2D eigenvalue weighted by Crippen LogP contribution is -2.04. The zero-order chi connectivity index (χ0) is 9.80. The minimum Gasteiger partial charge on any atom is -0.314 e. The van der Waals surface area contributed by atoms with Crippen LogP contribution in [0.15, 0.2) is 29.8 Å². The van der Waals surface area contributed by atoms with E-state index in [0.29, 0.717) is 0 Å². The number of nitrogens with zero attached hydrogens (tertiary/aromatic N) is 2. The fraction of sp³-hybridized carbons (Fsp3) is 0.200. The summed E-state index contributed by atoms with van der Waals surface area (Å²) in [6.07, 6.45) is 1.79. The van der Waals surface area contributed by atoms with E-state index in [-0.39, 0.29) is 0 Å². The molecule has 2 aromatic heterocycles. The fourth-order valence-electron chi connectivity index (χ4n) is 1.18. The van der Waals surface area contributed by atoms with Gasteiger partial charge in [0, 0.05) is 18.1 Å². The van der Waals surface area contributed by atoms with E-state index in [0.717, 1.165) is 22.9 Å². The molecule has 72 valence electrons. The summed E-state index contributed by atoms with van der Waals surface area (Å²) >= 11 is 1.63. The Morgan fingerprint density at radius 1 is 1.43 bits per heavy atom. The van der Waals surface area contributed by atoms with Gasteiger partial charge in [-0.05, 0) is 19.2 Å². The highest BCUT2D eigenvalue weighted by atomic mass is 32.1. The SMILES string of the molecule is CNCc1csc(-c2ccccn2)n1. The van der Waals surface area contributed by atoms with Gasteiger partial charge in [0.25, 0.3) is 0 Å². The van der Waals surface area contributed by atoms with Crippen LogP contribution in [0.25, 0.3) is 10.7 Å². The second-order valence-corrected chi connectivity index (χ2v) is 3.75. The highest BCUT2D eigenvalue weighted by Gasteiger charge is 2.03. The summed E-state index contributed by atoms with van der Waals surface area (Å²) in [7, 11) is 1.92. The summed E-state index contributed by atoms with van der Waals surface area (Å²) in [6, 6.07) is 5.86. The van der Waals surface area contributed by atoms with Crippen molar-refractivity contribution in [2.45, 2.75) is 6.54 Å². The van der Waals surface area contributed by atoms with Crippen molar-refractivity contribution in [2.75, 3.05) is 7.05 Å². The lowest BCUT2D eigenvalue weighted by molar-refractivity contribution is 0.798.